The molecule has 2 aromatic heterocycles. The van der Waals surface area contributed by atoms with Gasteiger partial charge in [0.25, 0.3) is 0 Å². The van der Waals surface area contributed by atoms with Crippen molar-refractivity contribution in [2.45, 2.75) is 18.9 Å². The number of aliphatic hydroxyl groups excluding tert-OH is 1. The third kappa shape index (κ3) is 1.86. The minimum atomic E-state index is -0.132. The van der Waals surface area contributed by atoms with Crippen LogP contribution in [0.1, 0.15) is 12.8 Å². The number of nitrogens with zero attached hydrogens (tertiary/aromatic N) is 4. The average Bonchev–Trinajstić information content (AvgIpc) is 2.73. The second-order valence-electron chi connectivity index (χ2n) is 4.91. The van der Waals surface area contributed by atoms with Gasteiger partial charge in [0.15, 0.2) is 5.65 Å². The lowest BCUT2D eigenvalue weighted by Crippen LogP contribution is -2.37. The Morgan fingerprint density at radius 1 is 1.50 bits per heavy atom. The van der Waals surface area contributed by atoms with Crippen molar-refractivity contribution >= 4 is 22.8 Å². The lowest BCUT2D eigenvalue weighted by molar-refractivity contribution is 0.0464. The average molecular weight is 248 g/mol. The maximum atomic E-state index is 9.31. The molecule has 0 spiro atoms. The molecule has 0 aliphatic heterocycles. The number of nitrogen functional groups attached to an aromatic ring is 1. The quantitative estimate of drug-likeness (QED) is 0.714. The molecule has 0 unspecified atom stereocenters. The van der Waals surface area contributed by atoms with E-state index in [1.807, 2.05) is 11.9 Å². The van der Waals surface area contributed by atoms with E-state index in [0.29, 0.717) is 11.6 Å². The van der Waals surface area contributed by atoms with Crippen LogP contribution in [0.15, 0.2) is 6.20 Å². The first kappa shape index (κ1) is 11.2. The van der Waals surface area contributed by atoms with E-state index >= 15 is 0 Å². The summed E-state index contributed by atoms with van der Waals surface area (Å²) in [4.78, 5) is 10.4. The first-order valence-corrected chi connectivity index (χ1v) is 5.99. The van der Waals surface area contributed by atoms with Crippen molar-refractivity contribution in [2.24, 2.45) is 5.92 Å². The van der Waals surface area contributed by atoms with Gasteiger partial charge in [-0.1, -0.05) is 0 Å². The van der Waals surface area contributed by atoms with Crippen molar-refractivity contribution in [2.75, 3.05) is 24.2 Å². The van der Waals surface area contributed by atoms with Gasteiger partial charge >= 0.3 is 0 Å². The van der Waals surface area contributed by atoms with Crippen LogP contribution in [0, 0.1) is 5.92 Å². The molecule has 18 heavy (non-hydrogen) atoms. The Kier molecular flexibility index (Phi) is 2.55. The van der Waals surface area contributed by atoms with Crippen LogP contribution in [-0.2, 0) is 0 Å². The molecule has 1 saturated carbocycles. The Labute approximate surface area is 104 Å². The summed E-state index contributed by atoms with van der Waals surface area (Å²) in [7, 11) is 1.97. The molecule has 2 heterocycles. The molecule has 0 saturated heterocycles. The van der Waals surface area contributed by atoms with Gasteiger partial charge in [-0.25, -0.2) is 0 Å². The van der Waals surface area contributed by atoms with E-state index in [1.54, 1.807) is 6.20 Å². The molecule has 0 aromatic carbocycles. The molecule has 1 fully saturated rings. The van der Waals surface area contributed by atoms with Gasteiger partial charge in [0.1, 0.15) is 5.82 Å². The van der Waals surface area contributed by atoms with Crippen molar-refractivity contribution in [3.8, 4) is 0 Å². The number of hydrogen-bond donors (Lipinski definition) is 3. The number of rotatable bonds is 3. The van der Waals surface area contributed by atoms with E-state index in [0.717, 1.165) is 30.6 Å². The highest BCUT2D eigenvalue weighted by atomic mass is 16.3. The fourth-order valence-electron chi connectivity index (χ4n) is 2.45. The summed E-state index contributed by atoms with van der Waals surface area (Å²) in [5.74, 6) is 1.54. The largest absolute Gasteiger partial charge is 0.393 e. The van der Waals surface area contributed by atoms with Crippen molar-refractivity contribution in [1.29, 1.82) is 0 Å². The minimum absolute atomic E-state index is 0.132. The summed E-state index contributed by atoms with van der Waals surface area (Å²) >= 11 is 0. The van der Waals surface area contributed by atoms with Gasteiger partial charge in [-0.2, -0.15) is 15.1 Å². The number of fused-ring (bicyclic) bond motifs is 1. The predicted molar refractivity (Wildman–Crippen MR) is 68.1 cm³/mol. The van der Waals surface area contributed by atoms with E-state index in [2.05, 4.69) is 20.2 Å². The highest BCUT2D eigenvalue weighted by Crippen LogP contribution is 2.30. The fourth-order valence-corrected chi connectivity index (χ4v) is 2.45. The van der Waals surface area contributed by atoms with Crippen LogP contribution in [-0.4, -0.2) is 45.0 Å². The highest BCUT2D eigenvalue weighted by molar-refractivity contribution is 5.87. The van der Waals surface area contributed by atoms with Gasteiger partial charge in [0.05, 0.1) is 17.7 Å². The van der Waals surface area contributed by atoms with Gasteiger partial charge in [-0.15, -0.1) is 0 Å². The van der Waals surface area contributed by atoms with Crippen molar-refractivity contribution in [1.82, 2.24) is 20.2 Å². The lowest BCUT2D eigenvalue weighted by atomic mass is 9.82. The van der Waals surface area contributed by atoms with E-state index < -0.39 is 0 Å². The van der Waals surface area contributed by atoms with Crippen LogP contribution in [0.2, 0.25) is 0 Å². The molecule has 0 amide bonds. The van der Waals surface area contributed by atoms with E-state index in [4.69, 9.17) is 5.73 Å². The third-order valence-corrected chi connectivity index (χ3v) is 3.41. The number of aromatic nitrogens is 4. The van der Waals surface area contributed by atoms with Crippen LogP contribution >= 0.6 is 0 Å². The summed E-state index contributed by atoms with van der Waals surface area (Å²) in [6, 6.07) is 0. The maximum Gasteiger partial charge on any atom is 0.224 e. The van der Waals surface area contributed by atoms with Gasteiger partial charge < -0.3 is 15.7 Å². The van der Waals surface area contributed by atoms with E-state index in [9.17, 15) is 5.11 Å². The Hall–Kier alpha value is -1.89. The van der Waals surface area contributed by atoms with E-state index in [-0.39, 0.29) is 12.1 Å². The first-order valence-electron chi connectivity index (χ1n) is 5.99. The third-order valence-electron chi connectivity index (χ3n) is 3.41. The number of anilines is 2. The topological polar surface area (TPSA) is 104 Å². The Bertz CT molecular complexity index is 562. The van der Waals surface area contributed by atoms with Crippen molar-refractivity contribution in [3.63, 3.8) is 0 Å². The highest BCUT2D eigenvalue weighted by Gasteiger charge is 2.28. The van der Waals surface area contributed by atoms with Gasteiger partial charge in [-0.3, -0.25) is 5.10 Å². The molecule has 0 radical (unpaired) electrons. The molecule has 4 N–H and O–H groups in total. The second kappa shape index (κ2) is 4.09. The SMILES string of the molecule is CN(CC1CC(O)C1)c1nc(N)nc2[nH]ncc12. The fraction of sp³-hybridized carbons (Fsp3) is 0.545. The standard InChI is InChI=1S/C11H16N6O/c1-17(5-6-2-7(18)3-6)10-8-4-13-16-9(8)14-11(12)15-10/h4,6-7,18H,2-3,5H2,1H3,(H3,12,13,14,15,16). The molecule has 2 aromatic rings. The van der Waals surface area contributed by atoms with Gasteiger partial charge in [0.2, 0.25) is 5.95 Å². The normalized spacial score (nSPS) is 23.0. The number of nitrogens with two attached hydrogens (primary N) is 1. The Morgan fingerprint density at radius 3 is 3.00 bits per heavy atom. The second-order valence-corrected chi connectivity index (χ2v) is 4.91. The van der Waals surface area contributed by atoms with Crippen LogP contribution in [0.3, 0.4) is 0 Å². The number of hydrogen-bond acceptors (Lipinski definition) is 6. The molecule has 1 aliphatic rings. The molecule has 0 atom stereocenters. The molecular weight excluding hydrogens is 232 g/mol. The molecule has 3 rings (SSSR count). The summed E-state index contributed by atoms with van der Waals surface area (Å²) in [6.45, 7) is 0.855. The Balaban J connectivity index is 1.86. The van der Waals surface area contributed by atoms with Gasteiger partial charge in [-0.05, 0) is 18.8 Å². The maximum absolute atomic E-state index is 9.31. The number of aromatic amines is 1. The van der Waals surface area contributed by atoms with Crippen LogP contribution < -0.4 is 10.6 Å². The summed E-state index contributed by atoms with van der Waals surface area (Å²) in [5, 5.41) is 16.9. The van der Waals surface area contributed by atoms with Crippen molar-refractivity contribution in [3.05, 3.63) is 6.20 Å². The zero-order valence-corrected chi connectivity index (χ0v) is 10.2. The van der Waals surface area contributed by atoms with Gasteiger partial charge in [0, 0.05) is 13.6 Å². The molecule has 96 valence electrons. The summed E-state index contributed by atoms with van der Waals surface area (Å²) < 4.78 is 0. The minimum Gasteiger partial charge on any atom is -0.393 e. The lowest BCUT2D eigenvalue weighted by Gasteiger charge is -2.34. The molecular formula is C11H16N6O. The predicted octanol–water partition coefficient (Wildman–Crippen LogP) is 0.142. The Morgan fingerprint density at radius 2 is 2.28 bits per heavy atom. The monoisotopic (exact) mass is 248 g/mol. The molecule has 7 heteroatoms. The smallest absolute Gasteiger partial charge is 0.224 e. The van der Waals surface area contributed by atoms with E-state index in [1.165, 1.54) is 0 Å². The summed E-state index contributed by atoms with van der Waals surface area (Å²) in [5.41, 5.74) is 6.34. The first-order chi connectivity index (χ1) is 8.63. The van der Waals surface area contributed by atoms with Crippen LogP contribution in [0.4, 0.5) is 11.8 Å². The number of aliphatic hydroxyl groups is 1. The molecule has 1 aliphatic carbocycles. The van der Waals surface area contributed by atoms with Crippen LogP contribution in [0.25, 0.3) is 11.0 Å². The molecule has 0 bridgehead atoms. The van der Waals surface area contributed by atoms with Crippen LogP contribution in [0.5, 0.6) is 0 Å². The number of H-pyrrole nitrogens is 1. The zero-order valence-electron chi connectivity index (χ0n) is 10.2. The summed E-state index contributed by atoms with van der Waals surface area (Å²) in [6.07, 6.45) is 3.29. The zero-order chi connectivity index (χ0) is 12.7. The number of nitrogens with one attached hydrogen (secondary N) is 1. The van der Waals surface area contributed by atoms with Crippen molar-refractivity contribution < 1.29 is 5.11 Å². The molecule has 7 nitrogen and oxygen atoms in total.